The summed E-state index contributed by atoms with van der Waals surface area (Å²) in [6.07, 6.45) is 6.02. The van der Waals surface area contributed by atoms with E-state index in [4.69, 9.17) is 4.74 Å². The highest BCUT2D eigenvalue weighted by Gasteiger charge is 2.53. The molecule has 2 nitrogen and oxygen atoms in total. The summed E-state index contributed by atoms with van der Waals surface area (Å²) < 4.78 is 5.67. The van der Waals surface area contributed by atoms with Crippen molar-refractivity contribution in [2.45, 2.75) is 52.1 Å². The van der Waals surface area contributed by atoms with E-state index in [9.17, 15) is 4.79 Å². The molecule has 1 heterocycles. The van der Waals surface area contributed by atoms with E-state index in [1.54, 1.807) is 0 Å². The van der Waals surface area contributed by atoms with Gasteiger partial charge in [-0.1, -0.05) is 25.5 Å². The summed E-state index contributed by atoms with van der Waals surface area (Å²) in [5, 5.41) is 0. The van der Waals surface area contributed by atoms with Crippen LogP contribution in [0.1, 0.15) is 46.5 Å². The van der Waals surface area contributed by atoms with Gasteiger partial charge in [0.2, 0.25) is 0 Å². The van der Waals surface area contributed by atoms with E-state index in [1.165, 1.54) is 5.57 Å². The minimum atomic E-state index is -0.169. The average Bonchev–Trinajstić information content (AvgIpc) is 2.52. The van der Waals surface area contributed by atoms with E-state index in [-0.39, 0.29) is 17.5 Å². The Hall–Kier alpha value is -0.790. The van der Waals surface area contributed by atoms with Gasteiger partial charge in [0, 0.05) is 5.92 Å². The number of allylic oxidation sites excluding steroid dienone is 2. The number of ether oxygens (including phenoxy) is 1. The van der Waals surface area contributed by atoms with E-state index >= 15 is 0 Å². The van der Waals surface area contributed by atoms with Gasteiger partial charge in [-0.25, -0.2) is 0 Å². The van der Waals surface area contributed by atoms with Crippen LogP contribution in [-0.4, -0.2) is 11.6 Å². The Morgan fingerprint density at radius 1 is 1.47 bits per heavy atom. The molecule has 0 aromatic heterocycles. The van der Waals surface area contributed by atoms with E-state index in [2.05, 4.69) is 26.8 Å². The largest absolute Gasteiger partial charge is 0.459 e. The first-order chi connectivity index (χ1) is 7.13. The molecule has 2 rings (SSSR count). The highest BCUT2D eigenvalue weighted by molar-refractivity contribution is 5.76. The normalized spacial score (nSPS) is 33.3. The first-order valence-corrected chi connectivity index (χ1v) is 6.01. The van der Waals surface area contributed by atoms with Crippen molar-refractivity contribution >= 4 is 5.97 Å². The molecule has 0 radical (unpaired) electrons. The lowest BCUT2D eigenvalue weighted by molar-refractivity contribution is -0.151. The summed E-state index contributed by atoms with van der Waals surface area (Å²) in [6, 6.07) is 0. The van der Waals surface area contributed by atoms with Crippen LogP contribution in [-0.2, 0) is 9.53 Å². The number of cyclic esters (lactones) is 1. The predicted octanol–water partition coefficient (Wildman–Crippen LogP) is 3.07. The maximum atomic E-state index is 11.8. The van der Waals surface area contributed by atoms with Crippen molar-refractivity contribution in [3.05, 3.63) is 11.6 Å². The number of hydrogen-bond acceptors (Lipinski definition) is 2. The summed E-state index contributed by atoms with van der Waals surface area (Å²) in [5.41, 5.74) is 1.25. The molecular formula is C13H20O2. The van der Waals surface area contributed by atoms with Crippen LogP contribution in [0.4, 0.5) is 0 Å². The van der Waals surface area contributed by atoms with Gasteiger partial charge in [-0.2, -0.15) is 0 Å². The minimum Gasteiger partial charge on any atom is -0.459 e. The van der Waals surface area contributed by atoms with Crippen LogP contribution in [0, 0.1) is 11.8 Å². The van der Waals surface area contributed by atoms with Gasteiger partial charge in [-0.15, -0.1) is 0 Å². The fraction of sp³-hybridized carbons (Fsp3) is 0.769. The summed E-state index contributed by atoms with van der Waals surface area (Å²) in [6.45, 7) is 6.43. The maximum absolute atomic E-state index is 11.8. The molecule has 0 spiro atoms. The molecule has 2 heteroatoms. The fourth-order valence-electron chi connectivity index (χ4n) is 3.15. The van der Waals surface area contributed by atoms with Crippen LogP contribution in [0.15, 0.2) is 11.6 Å². The quantitative estimate of drug-likeness (QED) is 0.515. The summed E-state index contributed by atoms with van der Waals surface area (Å²) in [4.78, 5) is 11.8. The third-order valence-electron chi connectivity index (χ3n) is 4.23. The second kappa shape index (κ2) is 3.66. The Labute approximate surface area is 91.7 Å². The fourth-order valence-corrected chi connectivity index (χ4v) is 3.15. The molecule has 1 fully saturated rings. The van der Waals surface area contributed by atoms with Gasteiger partial charge in [0.15, 0.2) is 0 Å². The molecule has 0 amide bonds. The van der Waals surface area contributed by atoms with Gasteiger partial charge in [-0.05, 0) is 32.6 Å². The molecule has 2 unspecified atom stereocenters. The monoisotopic (exact) mass is 208 g/mol. The summed E-state index contributed by atoms with van der Waals surface area (Å²) in [7, 11) is 0. The zero-order chi connectivity index (χ0) is 11.1. The van der Waals surface area contributed by atoms with E-state index in [0.717, 1.165) is 25.7 Å². The van der Waals surface area contributed by atoms with Gasteiger partial charge >= 0.3 is 5.97 Å². The van der Waals surface area contributed by atoms with Crippen molar-refractivity contribution in [2.75, 3.05) is 0 Å². The molecule has 0 N–H and O–H groups in total. The van der Waals surface area contributed by atoms with E-state index in [0.29, 0.717) is 5.92 Å². The molecule has 2 aliphatic rings. The zero-order valence-electron chi connectivity index (χ0n) is 9.88. The number of rotatable bonds is 2. The van der Waals surface area contributed by atoms with Crippen LogP contribution in [0.25, 0.3) is 0 Å². The molecule has 0 saturated carbocycles. The highest BCUT2D eigenvalue weighted by Crippen LogP contribution is 2.48. The molecule has 1 aliphatic heterocycles. The van der Waals surface area contributed by atoms with Crippen molar-refractivity contribution in [1.82, 2.24) is 0 Å². The maximum Gasteiger partial charge on any atom is 0.310 e. The lowest BCUT2D eigenvalue weighted by Gasteiger charge is -2.34. The van der Waals surface area contributed by atoms with Crippen molar-refractivity contribution < 1.29 is 9.53 Å². The average molecular weight is 208 g/mol. The molecule has 0 aromatic rings. The summed E-state index contributed by atoms with van der Waals surface area (Å²) >= 11 is 0. The molecular weight excluding hydrogens is 188 g/mol. The van der Waals surface area contributed by atoms with Crippen LogP contribution < -0.4 is 0 Å². The van der Waals surface area contributed by atoms with Crippen molar-refractivity contribution in [3.63, 3.8) is 0 Å². The molecule has 0 bridgehead atoms. The lowest BCUT2D eigenvalue weighted by atomic mass is 9.71. The number of fused-ring (bicyclic) bond motifs is 1. The second-order valence-corrected chi connectivity index (χ2v) is 4.90. The van der Waals surface area contributed by atoms with Crippen LogP contribution in [0.5, 0.6) is 0 Å². The topological polar surface area (TPSA) is 26.3 Å². The number of hydrogen-bond donors (Lipinski definition) is 0. The third-order valence-corrected chi connectivity index (χ3v) is 4.23. The van der Waals surface area contributed by atoms with Gasteiger partial charge < -0.3 is 4.74 Å². The SMILES string of the molecule is CCC1(CC)OC(=O)C2CC=C(C)CC21. The van der Waals surface area contributed by atoms with Gasteiger partial charge in [-0.3, -0.25) is 4.79 Å². The lowest BCUT2D eigenvalue weighted by Crippen LogP contribution is -2.36. The number of carbonyl (C=O) groups is 1. The Kier molecular flexibility index (Phi) is 2.61. The Morgan fingerprint density at radius 3 is 2.73 bits per heavy atom. The highest BCUT2D eigenvalue weighted by atomic mass is 16.6. The zero-order valence-corrected chi connectivity index (χ0v) is 9.88. The number of esters is 1. The van der Waals surface area contributed by atoms with Crippen molar-refractivity contribution in [2.24, 2.45) is 11.8 Å². The van der Waals surface area contributed by atoms with Crippen LogP contribution in [0.3, 0.4) is 0 Å². The molecule has 1 saturated heterocycles. The van der Waals surface area contributed by atoms with Gasteiger partial charge in [0.05, 0.1) is 5.92 Å². The first-order valence-electron chi connectivity index (χ1n) is 6.01. The Balaban J connectivity index is 2.31. The van der Waals surface area contributed by atoms with E-state index in [1.807, 2.05) is 0 Å². The van der Waals surface area contributed by atoms with Crippen molar-refractivity contribution in [3.8, 4) is 0 Å². The molecule has 1 aliphatic carbocycles. The predicted molar refractivity (Wildman–Crippen MR) is 59.4 cm³/mol. The van der Waals surface area contributed by atoms with Crippen molar-refractivity contribution in [1.29, 1.82) is 0 Å². The minimum absolute atomic E-state index is 0.0347. The number of carbonyl (C=O) groups excluding carboxylic acids is 1. The molecule has 15 heavy (non-hydrogen) atoms. The van der Waals surface area contributed by atoms with Crippen LogP contribution >= 0.6 is 0 Å². The standard InChI is InChI=1S/C13H20O2/c1-4-13(5-2)11-8-9(3)6-7-10(11)12(14)15-13/h6,10-11H,4-5,7-8H2,1-3H3. The Bertz CT molecular complexity index is 300. The van der Waals surface area contributed by atoms with Crippen LogP contribution in [0.2, 0.25) is 0 Å². The summed E-state index contributed by atoms with van der Waals surface area (Å²) in [5.74, 6) is 0.589. The third kappa shape index (κ3) is 1.51. The first kappa shape index (κ1) is 10.7. The van der Waals surface area contributed by atoms with Gasteiger partial charge in [0.1, 0.15) is 5.60 Å². The second-order valence-electron chi connectivity index (χ2n) is 4.90. The van der Waals surface area contributed by atoms with E-state index < -0.39 is 0 Å². The Morgan fingerprint density at radius 2 is 2.13 bits per heavy atom. The molecule has 2 atom stereocenters. The smallest absolute Gasteiger partial charge is 0.310 e. The van der Waals surface area contributed by atoms with Gasteiger partial charge in [0.25, 0.3) is 0 Å². The molecule has 0 aromatic carbocycles. The molecule has 84 valence electrons.